The fourth-order valence-corrected chi connectivity index (χ4v) is 2.18. The number of hydrogen-bond donors (Lipinski definition) is 0. The van der Waals surface area contributed by atoms with Crippen LogP contribution in [0.5, 0.6) is 11.5 Å². The van der Waals surface area contributed by atoms with Crippen molar-refractivity contribution in [1.29, 1.82) is 0 Å². The van der Waals surface area contributed by atoms with E-state index in [1.54, 1.807) is 38.5 Å². The fourth-order valence-electron chi connectivity index (χ4n) is 2.18. The summed E-state index contributed by atoms with van der Waals surface area (Å²) in [6, 6.07) is 12.7. The summed E-state index contributed by atoms with van der Waals surface area (Å²) >= 11 is 0. The van der Waals surface area contributed by atoms with E-state index in [0.29, 0.717) is 17.1 Å². The minimum absolute atomic E-state index is 0.109. The molecule has 0 spiro atoms. The van der Waals surface area contributed by atoms with Gasteiger partial charge in [-0.15, -0.1) is 0 Å². The molecule has 138 valence electrons. The van der Waals surface area contributed by atoms with E-state index in [4.69, 9.17) is 23.7 Å². The summed E-state index contributed by atoms with van der Waals surface area (Å²) in [4.78, 5) is 11.6. The molecule has 0 fully saturated rings. The Hall–Kier alpha value is -2.83. The van der Waals surface area contributed by atoms with Crippen molar-refractivity contribution in [3.05, 3.63) is 59.2 Å². The minimum Gasteiger partial charge on any atom is -0.465 e. The van der Waals surface area contributed by atoms with E-state index in [0.717, 1.165) is 11.1 Å². The number of carbonyl (C=O) groups is 1. The maximum atomic E-state index is 11.6. The van der Waals surface area contributed by atoms with E-state index in [9.17, 15) is 4.79 Å². The number of benzene rings is 2. The smallest absolute Gasteiger partial charge is 0.337 e. The molecule has 2 rings (SSSR count). The zero-order valence-corrected chi connectivity index (χ0v) is 15.1. The van der Waals surface area contributed by atoms with Crippen LogP contribution in [0.25, 0.3) is 12.2 Å². The van der Waals surface area contributed by atoms with Gasteiger partial charge in [-0.3, -0.25) is 0 Å². The molecule has 0 heterocycles. The second-order valence-electron chi connectivity index (χ2n) is 5.26. The van der Waals surface area contributed by atoms with Gasteiger partial charge in [0.25, 0.3) is 0 Å². The molecule has 26 heavy (non-hydrogen) atoms. The Morgan fingerprint density at radius 1 is 0.846 bits per heavy atom. The van der Waals surface area contributed by atoms with E-state index < -0.39 is 0 Å². The predicted octanol–water partition coefficient (Wildman–Crippen LogP) is 3.61. The highest BCUT2D eigenvalue weighted by Crippen LogP contribution is 2.29. The third kappa shape index (κ3) is 5.61. The van der Waals surface area contributed by atoms with Crippen molar-refractivity contribution >= 4 is 18.1 Å². The molecule has 0 aliphatic heterocycles. The van der Waals surface area contributed by atoms with Crippen LogP contribution in [0.15, 0.2) is 42.5 Å². The van der Waals surface area contributed by atoms with E-state index in [1.165, 1.54) is 7.11 Å². The standard InChI is InChI=1S/C20H22O6/c1-22-13-25-18-10-9-16(12-19(18)26-14-23-2)8-7-15-5-4-6-17(11-15)20(21)24-3/h4-12H,13-14H2,1-3H3/b8-7+. The van der Waals surface area contributed by atoms with Crippen LogP contribution >= 0.6 is 0 Å². The van der Waals surface area contributed by atoms with Gasteiger partial charge in [0.2, 0.25) is 0 Å². The quantitative estimate of drug-likeness (QED) is 0.388. The number of methoxy groups -OCH3 is 3. The van der Waals surface area contributed by atoms with Gasteiger partial charge in [0, 0.05) is 14.2 Å². The Morgan fingerprint density at radius 3 is 2.15 bits per heavy atom. The highest BCUT2D eigenvalue weighted by molar-refractivity contribution is 5.90. The summed E-state index contributed by atoms with van der Waals surface area (Å²) in [6.45, 7) is 0.233. The first-order chi connectivity index (χ1) is 12.7. The second kappa shape index (κ2) is 10.2. The normalized spacial score (nSPS) is 10.7. The van der Waals surface area contributed by atoms with Gasteiger partial charge in [0.05, 0.1) is 12.7 Å². The van der Waals surface area contributed by atoms with Crippen LogP contribution in [-0.4, -0.2) is 40.9 Å². The Labute approximate surface area is 152 Å². The van der Waals surface area contributed by atoms with Crippen molar-refractivity contribution in [2.24, 2.45) is 0 Å². The maximum Gasteiger partial charge on any atom is 0.337 e. The fraction of sp³-hybridized carbons (Fsp3) is 0.250. The molecule has 2 aromatic rings. The Kier molecular flexibility index (Phi) is 7.67. The Morgan fingerprint density at radius 2 is 1.50 bits per heavy atom. The molecule has 0 unspecified atom stereocenters. The van der Waals surface area contributed by atoms with E-state index in [-0.39, 0.29) is 19.6 Å². The average Bonchev–Trinajstić information content (AvgIpc) is 2.69. The van der Waals surface area contributed by atoms with Crippen LogP contribution in [0.3, 0.4) is 0 Å². The molecular formula is C20H22O6. The summed E-state index contributed by atoms with van der Waals surface area (Å²) < 4.78 is 25.6. The lowest BCUT2D eigenvalue weighted by molar-refractivity contribution is 0.0322. The van der Waals surface area contributed by atoms with Crippen LogP contribution < -0.4 is 9.47 Å². The van der Waals surface area contributed by atoms with Gasteiger partial charge in [-0.25, -0.2) is 4.79 Å². The molecule has 0 saturated heterocycles. The van der Waals surface area contributed by atoms with Gasteiger partial charge in [-0.1, -0.05) is 30.4 Å². The molecule has 0 amide bonds. The zero-order valence-electron chi connectivity index (χ0n) is 15.1. The first-order valence-corrected chi connectivity index (χ1v) is 7.92. The van der Waals surface area contributed by atoms with Gasteiger partial charge in [-0.2, -0.15) is 0 Å². The lowest BCUT2D eigenvalue weighted by atomic mass is 10.1. The molecule has 0 aromatic heterocycles. The van der Waals surface area contributed by atoms with Crippen LogP contribution in [0.4, 0.5) is 0 Å². The molecule has 0 saturated carbocycles. The van der Waals surface area contributed by atoms with Crippen LogP contribution in [0.2, 0.25) is 0 Å². The summed E-state index contributed by atoms with van der Waals surface area (Å²) in [5.41, 5.74) is 2.29. The third-order valence-corrected chi connectivity index (χ3v) is 3.41. The molecular weight excluding hydrogens is 336 g/mol. The van der Waals surface area contributed by atoms with Crippen molar-refractivity contribution < 1.29 is 28.5 Å². The highest BCUT2D eigenvalue weighted by atomic mass is 16.7. The van der Waals surface area contributed by atoms with Crippen LogP contribution in [0.1, 0.15) is 21.5 Å². The minimum atomic E-state index is -0.366. The summed E-state index contributed by atoms with van der Waals surface area (Å²) in [5.74, 6) is 0.748. The number of hydrogen-bond acceptors (Lipinski definition) is 6. The average molecular weight is 358 g/mol. The highest BCUT2D eigenvalue weighted by Gasteiger charge is 2.07. The molecule has 0 bridgehead atoms. The number of carbonyl (C=O) groups excluding carboxylic acids is 1. The van der Waals surface area contributed by atoms with Gasteiger partial charge >= 0.3 is 5.97 Å². The summed E-state index contributed by atoms with van der Waals surface area (Å²) in [5, 5.41) is 0. The largest absolute Gasteiger partial charge is 0.465 e. The summed E-state index contributed by atoms with van der Waals surface area (Å²) in [6.07, 6.45) is 3.81. The molecule has 6 heteroatoms. The Bertz CT molecular complexity index is 754. The van der Waals surface area contributed by atoms with E-state index >= 15 is 0 Å². The molecule has 2 aromatic carbocycles. The van der Waals surface area contributed by atoms with Crippen molar-refractivity contribution in [3.63, 3.8) is 0 Å². The number of rotatable bonds is 9. The van der Waals surface area contributed by atoms with Crippen molar-refractivity contribution in [2.75, 3.05) is 34.9 Å². The van der Waals surface area contributed by atoms with Gasteiger partial charge in [0.1, 0.15) is 0 Å². The SMILES string of the molecule is COCOc1ccc(/C=C/c2cccc(C(=O)OC)c2)cc1OCOC. The molecule has 0 aliphatic rings. The number of esters is 1. The van der Waals surface area contributed by atoms with Crippen LogP contribution in [-0.2, 0) is 14.2 Å². The molecule has 0 N–H and O–H groups in total. The summed E-state index contributed by atoms with van der Waals surface area (Å²) in [7, 11) is 4.46. The molecule has 0 atom stereocenters. The third-order valence-electron chi connectivity index (χ3n) is 3.41. The van der Waals surface area contributed by atoms with E-state index in [1.807, 2.05) is 30.4 Å². The lowest BCUT2D eigenvalue weighted by Gasteiger charge is -2.12. The lowest BCUT2D eigenvalue weighted by Crippen LogP contribution is -2.04. The van der Waals surface area contributed by atoms with E-state index in [2.05, 4.69) is 0 Å². The second-order valence-corrected chi connectivity index (χ2v) is 5.26. The molecule has 6 nitrogen and oxygen atoms in total. The topological polar surface area (TPSA) is 63.2 Å². The van der Waals surface area contributed by atoms with Gasteiger partial charge in [0.15, 0.2) is 25.1 Å². The first kappa shape index (κ1) is 19.5. The first-order valence-electron chi connectivity index (χ1n) is 7.92. The monoisotopic (exact) mass is 358 g/mol. The van der Waals surface area contributed by atoms with Gasteiger partial charge in [-0.05, 0) is 35.4 Å². The maximum absolute atomic E-state index is 11.6. The van der Waals surface area contributed by atoms with Crippen molar-refractivity contribution in [1.82, 2.24) is 0 Å². The molecule has 0 radical (unpaired) electrons. The van der Waals surface area contributed by atoms with Crippen molar-refractivity contribution in [2.45, 2.75) is 0 Å². The Balaban J connectivity index is 2.20. The number of ether oxygens (including phenoxy) is 5. The van der Waals surface area contributed by atoms with Crippen LogP contribution in [0, 0.1) is 0 Å². The zero-order chi connectivity index (χ0) is 18.8. The predicted molar refractivity (Wildman–Crippen MR) is 98.2 cm³/mol. The van der Waals surface area contributed by atoms with Crippen molar-refractivity contribution in [3.8, 4) is 11.5 Å². The van der Waals surface area contributed by atoms with Gasteiger partial charge < -0.3 is 23.7 Å². The molecule has 0 aliphatic carbocycles.